The van der Waals surface area contributed by atoms with Crippen molar-refractivity contribution in [1.29, 1.82) is 0 Å². The van der Waals surface area contributed by atoms with Crippen LogP contribution in [0.4, 0.5) is 5.69 Å². The number of nitrogens with one attached hydrogen (secondary N) is 1. The van der Waals surface area contributed by atoms with Crippen LogP contribution in [-0.2, 0) is 14.4 Å². The Morgan fingerprint density at radius 3 is 2.46 bits per heavy atom. The number of hydrogen-bond donors (Lipinski definition) is 2. The first-order chi connectivity index (χ1) is 11.4. The van der Waals surface area contributed by atoms with Gasteiger partial charge in [0.25, 0.3) is 5.91 Å². The van der Waals surface area contributed by atoms with E-state index in [4.69, 9.17) is 9.84 Å². The average molecular weight is 334 g/mol. The molecule has 2 amide bonds. The second-order valence-electron chi connectivity index (χ2n) is 6.06. The number of carboxylic acids is 1. The van der Waals surface area contributed by atoms with Crippen LogP contribution in [0.15, 0.2) is 24.3 Å². The minimum atomic E-state index is -1.07. The summed E-state index contributed by atoms with van der Waals surface area (Å²) in [6.45, 7) is 3.89. The molecule has 1 saturated heterocycles. The summed E-state index contributed by atoms with van der Waals surface area (Å²) >= 11 is 0. The number of nitrogens with zero attached hydrogens (tertiary/aromatic N) is 1. The van der Waals surface area contributed by atoms with Gasteiger partial charge in [-0.2, -0.15) is 0 Å². The Morgan fingerprint density at radius 1 is 1.29 bits per heavy atom. The number of carboxylic acid groups (broad SMARTS) is 1. The number of benzene rings is 1. The molecule has 24 heavy (non-hydrogen) atoms. The van der Waals surface area contributed by atoms with Crippen molar-refractivity contribution in [2.45, 2.75) is 32.7 Å². The Hall–Kier alpha value is -2.57. The molecule has 0 radical (unpaired) electrons. The Bertz CT molecular complexity index is 612. The molecule has 0 aromatic heterocycles. The van der Waals surface area contributed by atoms with Gasteiger partial charge >= 0.3 is 5.97 Å². The summed E-state index contributed by atoms with van der Waals surface area (Å²) < 4.78 is 5.36. The number of carbonyl (C=O) groups is 3. The van der Waals surface area contributed by atoms with Crippen LogP contribution in [0, 0.1) is 5.92 Å². The number of amides is 2. The second-order valence-corrected chi connectivity index (χ2v) is 6.06. The van der Waals surface area contributed by atoms with Gasteiger partial charge in [0, 0.05) is 18.7 Å². The third kappa shape index (κ3) is 4.47. The quantitative estimate of drug-likeness (QED) is 0.786. The van der Waals surface area contributed by atoms with Gasteiger partial charge < -0.3 is 20.1 Å². The highest BCUT2D eigenvalue weighted by molar-refractivity contribution is 5.95. The summed E-state index contributed by atoms with van der Waals surface area (Å²) in [5, 5.41) is 11.5. The molecule has 130 valence electrons. The maximum absolute atomic E-state index is 11.8. The lowest BCUT2D eigenvalue weighted by molar-refractivity contribution is -0.143. The van der Waals surface area contributed by atoms with Crippen LogP contribution in [0.3, 0.4) is 0 Å². The lowest BCUT2D eigenvalue weighted by atomic mass is 10.1. The van der Waals surface area contributed by atoms with E-state index in [1.807, 2.05) is 0 Å². The van der Waals surface area contributed by atoms with E-state index in [0.717, 1.165) is 12.1 Å². The van der Waals surface area contributed by atoms with Gasteiger partial charge in [0.15, 0.2) is 6.61 Å². The molecule has 0 unspecified atom stereocenters. The van der Waals surface area contributed by atoms with Gasteiger partial charge in [-0.3, -0.25) is 9.59 Å². The summed E-state index contributed by atoms with van der Waals surface area (Å²) in [5.41, 5.74) is 0.806. The van der Waals surface area contributed by atoms with E-state index >= 15 is 0 Å². The monoisotopic (exact) mass is 334 g/mol. The van der Waals surface area contributed by atoms with Gasteiger partial charge in [-0.15, -0.1) is 0 Å². The SMILES string of the molecule is CC(C)[C@H](NC(=O)COc1ccc(N2CCCC2=O)cc1)C(=O)O. The van der Waals surface area contributed by atoms with Crippen molar-refractivity contribution < 1.29 is 24.2 Å². The van der Waals surface area contributed by atoms with E-state index < -0.39 is 17.9 Å². The number of anilines is 1. The zero-order valence-electron chi connectivity index (χ0n) is 13.8. The van der Waals surface area contributed by atoms with E-state index in [1.165, 1.54) is 0 Å². The first kappa shape index (κ1) is 17.8. The number of carbonyl (C=O) groups excluding carboxylic acids is 2. The fourth-order valence-corrected chi connectivity index (χ4v) is 2.52. The number of aliphatic carboxylic acids is 1. The van der Waals surface area contributed by atoms with E-state index in [0.29, 0.717) is 18.7 Å². The highest BCUT2D eigenvalue weighted by Gasteiger charge is 2.24. The maximum atomic E-state index is 11.8. The minimum absolute atomic E-state index is 0.108. The predicted octanol–water partition coefficient (Wildman–Crippen LogP) is 1.42. The molecule has 1 fully saturated rings. The third-order valence-corrected chi connectivity index (χ3v) is 3.84. The minimum Gasteiger partial charge on any atom is -0.484 e. The number of rotatable bonds is 7. The van der Waals surface area contributed by atoms with Gasteiger partial charge in [-0.1, -0.05) is 13.8 Å². The number of ether oxygens (including phenoxy) is 1. The highest BCUT2D eigenvalue weighted by atomic mass is 16.5. The molecule has 1 aliphatic heterocycles. The van der Waals surface area contributed by atoms with Crippen molar-refractivity contribution in [2.24, 2.45) is 5.92 Å². The lowest BCUT2D eigenvalue weighted by Crippen LogP contribution is -2.46. The van der Waals surface area contributed by atoms with E-state index in [-0.39, 0.29) is 18.4 Å². The lowest BCUT2D eigenvalue weighted by Gasteiger charge is -2.18. The summed E-state index contributed by atoms with van der Waals surface area (Å²) in [7, 11) is 0. The molecule has 2 N–H and O–H groups in total. The standard InChI is InChI=1S/C17H22N2O5/c1-11(2)16(17(22)23)18-14(20)10-24-13-7-5-12(6-8-13)19-9-3-4-15(19)21/h5-8,11,16H,3-4,9-10H2,1-2H3,(H,18,20)(H,22,23)/t16-/m0/s1. The third-order valence-electron chi connectivity index (χ3n) is 3.84. The molecular formula is C17H22N2O5. The Labute approximate surface area is 140 Å². The van der Waals surface area contributed by atoms with Crippen LogP contribution in [-0.4, -0.2) is 42.1 Å². The van der Waals surface area contributed by atoms with Crippen molar-refractivity contribution in [2.75, 3.05) is 18.1 Å². The molecule has 0 spiro atoms. The van der Waals surface area contributed by atoms with Crippen molar-refractivity contribution in [3.05, 3.63) is 24.3 Å². The Morgan fingerprint density at radius 2 is 1.96 bits per heavy atom. The molecule has 7 heteroatoms. The molecule has 1 aromatic rings. The summed E-state index contributed by atoms with van der Waals surface area (Å²) in [5.74, 6) is -1.19. The van der Waals surface area contributed by atoms with Crippen LogP contribution >= 0.6 is 0 Å². The van der Waals surface area contributed by atoms with Gasteiger partial charge in [0.1, 0.15) is 11.8 Å². The average Bonchev–Trinajstić information content (AvgIpc) is 2.96. The van der Waals surface area contributed by atoms with Crippen LogP contribution in [0.2, 0.25) is 0 Å². The Balaban J connectivity index is 1.86. The van der Waals surface area contributed by atoms with Crippen molar-refractivity contribution in [1.82, 2.24) is 5.32 Å². The van der Waals surface area contributed by atoms with Crippen LogP contribution in [0.25, 0.3) is 0 Å². The fraction of sp³-hybridized carbons (Fsp3) is 0.471. The number of hydrogen-bond acceptors (Lipinski definition) is 4. The molecule has 1 heterocycles. The van der Waals surface area contributed by atoms with Gasteiger partial charge in [-0.25, -0.2) is 4.79 Å². The van der Waals surface area contributed by atoms with Crippen LogP contribution in [0.1, 0.15) is 26.7 Å². The van der Waals surface area contributed by atoms with Gasteiger partial charge in [0.2, 0.25) is 5.91 Å². The van der Waals surface area contributed by atoms with Crippen molar-refractivity contribution in [3.8, 4) is 5.75 Å². The molecular weight excluding hydrogens is 312 g/mol. The van der Waals surface area contributed by atoms with Gasteiger partial charge in [-0.05, 0) is 36.6 Å². The van der Waals surface area contributed by atoms with Crippen LogP contribution < -0.4 is 15.0 Å². The normalized spacial score (nSPS) is 15.5. The first-order valence-corrected chi connectivity index (χ1v) is 7.94. The smallest absolute Gasteiger partial charge is 0.326 e. The molecule has 1 aromatic carbocycles. The predicted molar refractivity (Wildman–Crippen MR) is 87.9 cm³/mol. The first-order valence-electron chi connectivity index (χ1n) is 7.94. The summed E-state index contributed by atoms with van der Waals surface area (Å²) in [6.07, 6.45) is 1.43. The largest absolute Gasteiger partial charge is 0.484 e. The van der Waals surface area contributed by atoms with E-state index in [9.17, 15) is 14.4 Å². The highest BCUT2D eigenvalue weighted by Crippen LogP contribution is 2.23. The summed E-state index contributed by atoms with van der Waals surface area (Å²) in [6, 6.07) is 5.97. The molecule has 0 saturated carbocycles. The molecule has 0 aliphatic carbocycles. The van der Waals surface area contributed by atoms with Crippen molar-refractivity contribution >= 4 is 23.5 Å². The van der Waals surface area contributed by atoms with Crippen LogP contribution in [0.5, 0.6) is 5.75 Å². The second kappa shape index (κ2) is 7.81. The topological polar surface area (TPSA) is 95.9 Å². The molecule has 2 rings (SSSR count). The molecule has 1 aliphatic rings. The Kier molecular flexibility index (Phi) is 5.78. The fourth-order valence-electron chi connectivity index (χ4n) is 2.52. The molecule has 1 atom stereocenters. The molecule has 0 bridgehead atoms. The molecule has 7 nitrogen and oxygen atoms in total. The van der Waals surface area contributed by atoms with Gasteiger partial charge in [0.05, 0.1) is 0 Å². The van der Waals surface area contributed by atoms with E-state index in [2.05, 4.69) is 5.32 Å². The zero-order chi connectivity index (χ0) is 17.7. The van der Waals surface area contributed by atoms with E-state index in [1.54, 1.807) is 43.0 Å². The van der Waals surface area contributed by atoms with Crippen molar-refractivity contribution in [3.63, 3.8) is 0 Å². The zero-order valence-corrected chi connectivity index (χ0v) is 13.8. The maximum Gasteiger partial charge on any atom is 0.326 e. The summed E-state index contributed by atoms with van der Waals surface area (Å²) in [4.78, 5) is 36.3.